The van der Waals surface area contributed by atoms with Crippen LogP contribution in [0.2, 0.25) is 0 Å². The van der Waals surface area contributed by atoms with Crippen molar-refractivity contribution in [1.82, 2.24) is 0 Å². The number of nitrogens with two attached hydrogens (primary N) is 1. The maximum atomic E-state index is 9.62. The number of aliphatic hydroxyl groups is 1. The third-order valence-corrected chi connectivity index (χ3v) is 3.64. The van der Waals surface area contributed by atoms with E-state index < -0.39 is 0 Å². The lowest BCUT2D eigenvalue weighted by Crippen LogP contribution is -2.41. The lowest BCUT2D eigenvalue weighted by atomic mass is 9.73. The molecule has 3 N–H and O–H groups in total. The number of ether oxygens (including phenoxy) is 1. The quantitative estimate of drug-likeness (QED) is 0.793. The molecular weight excluding hydrogens is 214 g/mol. The molecule has 0 heterocycles. The molecule has 0 aliphatic carbocycles. The molecule has 17 heavy (non-hydrogen) atoms. The van der Waals surface area contributed by atoms with Crippen molar-refractivity contribution in [3.63, 3.8) is 0 Å². The fourth-order valence-electron chi connectivity index (χ4n) is 2.00. The van der Waals surface area contributed by atoms with Crippen LogP contribution in [0.25, 0.3) is 0 Å². The van der Waals surface area contributed by atoms with Crippen molar-refractivity contribution in [3.05, 3.63) is 29.8 Å². The summed E-state index contributed by atoms with van der Waals surface area (Å²) in [7, 11) is 1.66. The first-order valence-corrected chi connectivity index (χ1v) is 6.02. The van der Waals surface area contributed by atoms with Crippen LogP contribution >= 0.6 is 0 Å². The Morgan fingerprint density at radius 2 is 2.12 bits per heavy atom. The highest BCUT2D eigenvalue weighted by Crippen LogP contribution is 2.31. The van der Waals surface area contributed by atoms with Crippen LogP contribution in [0.4, 0.5) is 0 Å². The van der Waals surface area contributed by atoms with Crippen LogP contribution in [0.3, 0.4) is 0 Å². The number of aliphatic hydroxyl groups excluding tert-OH is 1. The summed E-state index contributed by atoms with van der Waals surface area (Å²) in [6.07, 6.45) is 0.773. The zero-order chi connectivity index (χ0) is 12.9. The molecule has 0 aromatic heterocycles. The van der Waals surface area contributed by atoms with Gasteiger partial charge in [0, 0.05) is 12.0 Å². The predicted molar refractivity (Wildman–Crippen MR) is 70.1 cm³/mol. The maximum absolute atomic E-state index is 9.62. The number of benzene rings is 1. The molecule has 1 aromatic rings. The van der Waals surface area contributed by atoms with E-state index in [4.69, 9.17) is 10.5 Å². The zero-order valence-electron chi connectivity index (χ0n) is 10.9. The van der Waals surface area contributed by atoms with Gasteiger partial charge in [0.15, 0.2) is 0 Å². The Hall–Kier alpha value is -1.06. The van der Waals surface area contributed by atoms with Crippen LogP contribution in [0.5, 0.6) is 5.75 Å². The Bertz CT molecular complexity index is 346. The highest BCUT2D eigenvalue weighted by Gasteiger charge is 2.31. The van der Waals surface area contributed by atoms with Gasteiger partial charge < -0.3 is 15.6 Å². The van der Waals surface area contributed by atoms with Gasteiger partial charge in [-0.15, -0.1) is 0 Å². The van der Waals surface area contributed by atoms with E-state index in [1.54, 1.807) is 7.11 Å². The van der Waals surface area contributed by atoms with Crippen LogP contribution in [0.15, 0.2) is 24.3 Å². The van der Waals surface area contributed by atoms with Crippen LogP contribution in [0.1, 0.15) is 19.4 Å². The molecule has 96 valence electrons. The summed E-state index contributed by atoms with van der Waals surface area (Å²) in [6, 6.07) is 7.93. The second-order valence-electron chi connectivity index (χ2n) is 4.91. The van der Waals surface area contributed by atoms with Gasteiger partial charge in [-0.1, -0.05) is 26.0 Å². The minimum Gasteiger partial charge on any atom is -0.497 e. The summed E-state index contributed by atoms with van der Waals surface area (Å²) in [5, 5.41) is 9.62. The highest BCUT2D eigenvalue weighted by atomic mass is 16.5. The van der Waals surface area contributed by atoms with E-state index in [0.29, 0.717) is 12.5 Å². The lowest BCUT2D eigenvalue weighted by molar-refractivity contribution is 0.0842. The number of hydrogen-bond acceptors (Lipinski definition) is 3. The van der Waals surface area contributed by atoms with E-state index in [9.17, 15) is 5.11 Å². The monoisotopic (exact) mass is 237 g/mol. The average Bonchev–Trinajstić information content (AvgIpc) is 2.36. The van der Waals surface area contributed by atoms with Gasteiger partial charge in [-0.25, -0.2) is 0 Å². The first-order valence-electron chi connectivity index (χ1n) is 6.02. The molecule has 0 saturated heterocycles. The van der Waals surface area contributed by atoms with Crippen LogP contribution in [-0.2, 0) is 6.42 Å². The first-order chi connectivity index (χ1) is 8.07. The van der Waals surface area contributed by atoms with Crippen molar-refractivity contribution in [2.75, 3.05) is 20.3 Å². The molecule has 1 aromatic carbocycles. The Kier molecular flexibility index (Phi) is 4.97. The number of methoxy groups -OCH3 is 1. The van der Waals surface area contributed by atoms with Gasteiger partial charge in [0.2, 0.25) is 0 Å². The SMILES string of the molecule is COc1cccc(CC(CN)(CO)C(C)C)c1. The second-order valence-corrected chi connectivity index (χ2v) is 4.91. The number of hydrogen-bond donors (Lipinski definition) is 2. The smallest absolute Gasteiger partial charge is 0.119 e. The Balaban J connectivity index is 2.93. The normalized spacial score (nSPS) is 14.7. The predicted octanol–water partition coefficient (Wildman–Crippen LogP) is 1.83. The summed E-state index contributed by atoms with van der Waals surface area (Å²) in [5.74, 6) is 1.18. The zero-order valence-corrected chi connectivity index (χ0v) is 10.9. The molecule has 0 radical (unpaired) electrons. The van der Waals surface area contributed by atoms with E-state index in [2.05, 4.69) is 13.8 Å². The first kappa shape index (κ1) is 14.0. The second kappa shape index (κ2) is 6.03. The Morgan fingerprint density at radius 3 is 2.59 bits per heavy atom. The molecule has 1 rings (SSSR count). The maximum Gasteiger partial charge on any atom is 0.119 e. The van der Waals surface area contributed by atoms with Gasteiger partial charge in [0.25, 0.3) is 0 Å². The third-order valence-electron chi connectivity index (χ3n) is 3.64. The van der Waals surface area contributed by atoms with E-state index in [0.717, 1.165) is 17.7 Å². The number of rotatable bonds is 6. The summed E-state index contributed by atoms with van der Waals surface area (Å²) in [4.78, 5) is 0. The van der Waals surface area contributed by atoms with Crippen molar-refractivity contribution in [2.45, 2.75) is 20.3 Å². The average molecular weight is 237 g/mol. The molecule has 1 atom stereocenters. The van der Waals surface area contributed by atoms with E-state index in [1.165, 1.54) is 0 Å². The summed E-state index contributed by atoms with van der Waals surface area (Å²) in [6.45, 7) is 4.79. The Labute approximate surface area is 104 Å². The molecule has 0 amide bonds. The standard InChI is InChI=1S/C14H23NO2/c1-11(2)14(9-15,10-16)8-12-5-4-6-13(7-12)17-3/h4-7,11,16H,8-10,15H2,1-3H3. The van der Waals surface area contributed by atoms with Gasteiger partial charge in [0.05, 0.1) is 13.7 Å². The van der Waals surface area contributed by atoms with Crippen LogP contribution < -0.4 is 10.5 Å². The van der Waals surface area contributed by atoms with Gasteiger partial charge in [-0.2, -0.15) is 0 Å². The molecule has 0 saturated carbocycles. The molecule has 0 aliphatic rings. The molecule has 1 unspecified atom stereocenters. The molecule has 0 bridgehead atoms. The van der Waals surface area contributed by atoms with Gasteiger partial charge in [0.1, 0.15) is 5.75 Å². The largest absolute Gasteiger partial charge is 0.497 e. The fourth-order valence-corrected chi connectivity index (χ4v) is 2.00. The fraction of sp³-hybridized carbons (Fsp3) is 0.571. The van der Waals surface area contributed by atoms with E-state index in [-0.39, 0.29) is 12.0 Å². The minimum atomic E-state index is -0.244. The summed E-state index contributed by atoms with van der Waals surface area (Å²) >= 11 is 0. The van der Waals surface area contributed by atoms with Crippen LogP contribution in [-0.4, -0.2) is 25.4 Å². The van der Waals surface area contributed by atoms with Gasteiger partial charge in [-0.05, 0) is 30.0 Å². The lowest BCUT2D eigenvalue weighted by Gasteiger charge is -2.35. The Morgan fingerprint density at radius 1 is 1.41 bits per heavy atom. The van der Waals surface area contributed by atoms with Crippen molar-refractivity contribution in [2.24, 2.45) is 17.1 Å². The third kappa shape index (κ3) is 3.20. The summed E-state index contributed by atoms with van der Waals surface area (Å²) in [5.41, 5.74) is 6.75. The molecule has 3 nitrogen and oxygen atoms in total. The minimum absolute atomic E-state index is 0.110. The van der Waals surface area contributed by atoms with Gasteiger partial charge >= 0.3 is 0 Å². The molecule has 0 aliphatic heterocycles. The molecule has 0 spiro atoms. The highest BCUT2D eigenvalue weighted by molar-refractivity contribution is 5.29. The van der Waals surface area contributed by atoms with E-state index in [1.807, 2.05) is 24.3 Å². The molecular formula is C14H23NO2. The van der Waals surface area contributed by atoms with Crippen molar-refractivity contribution >= 4 is 0 Å². The van der Waals surface area contributed by atoms with Crippen molar-refractivity contribution in [3.8, 4) is 5.75 Å². The van der Waals surface area contributed by atoms with Crippen molar-refractivity contribution in [1.29, 1.82) is 0 Å². The molecule has 3 heteroatoms. The molecule has 0 fully saturated rings. The van der Waals surface area contributed by atoms with Crippen LogP contribution in [0, 0.1) is 11.3 Å². The summed E-state index contributed by atoms with van der Waals surface area (Å²) < 4.78 is 5.20. The van der Waals surface area contributed by atoms with E-state index >= 15 is 0 Å². The van der Waals surface area contributed by atoms with Crippen molar-refractivity contribution < 1.29 is 9.84 Å². The van der Waals surface area contributed by atoms with Gasteiger partial charge in [-0.3, -0.25) is 0 Å². The topological polar surface area (TPSA) is 55.5 Å².